The Morgan fingerprint density at radius 2 is 1.73 bits per heavy atom. The van der Waals surface area contributed by atoms with Crippen LogP contribution in [-0.2, 0) is 0 Å². The van der Waals surface area contributed by atoms with Gasteiger partial charge in [0.25, 0.3) is 5.91 Å². The second-order valence-electron chi connectivity index (χ2n) is 5.34. The largest absolute Gasteiger partial charge is 0.497 e. The number of halogens is 2. The van der Waals surface area contributed by atoms with Crippen molar-refractivity contribution in [3.63, 3.8) is 0 Å². The maximum absolute atomic E-state index is 12.3. The number of carbonyl (C=O) groups is 1. The zero-order valence-electron chi connectivity index (χ0n) is 13.8. The molecule has 3 aromatic rings. The lowest BCUT2D eigenvalue weighted by Crippen LogP contribution is -2.13. The van der Waals surface area contributed by atoms with E-state index in [-0.39, 0.29) is 5.91 Å². The molecule has 0 fully saturated rings. The first-order chi connectivity index (χ1) is 12.6. The van der Waals surface area contributed by atoms with Crippen LogP contribution in [0.3, 0.4) is 0 Å². The summed E-state index contributed by atoms with van der Waals surface area (Å²) < 4.78 is 5.09. The number of carbonyl (C=O) groups excluding carboxylic acids is 1. The second-order valence-corrected chi connectivity index (χ2v) is 6.13. The summed E-state index contributed by atoms with van der Waals surface area (Å²) in [5.74, 6) is 0.415. The van der Waals surface area contributed by atoms with Gasteiger partial charge in [-0.05, 0) is 48.5 Å². The number of ether oxygens (including phenoxy) is 1. The summed E-state index contributed by atoms with van der Waals surface area (Å²) in [5.41, 5.74) is 2.31. The van der Waals surface area contributed by atoms with Gasteiger partial charge in [-0.25, -0.2) is 4.98 Å². The van der Waals surface area contributed by atoms with Crippen LogP contribution >= 0.6 is 23.2 Å². The van der Waals surface area contributed by atoms with Crippen molar-refractivity contribution in [2.45, 2.75) is 0 Å². The smallest absolute Gasteiger partial charge is 0.274 e. The van der Waals surface area contributed by atoms with Crippen molar-refractivity contribution in [3.05, 3.63) is 76.5 Å². The molecule has 0 radical (unpaired) electrons. The van der Waals surface area contributed by atoms with E-state index in [4.69, 9.17) is 27.9 Å². The van der Waals surface area contributed by atoms with Crippen LogP contribution in [0.25, 0.3) is 0 Å². The summed E-state index contributed by atoms with van der Waals surface area (Å²) in [5, 5.41) is 6.78. The van der Waals surface area contributed by atoms with Crippen LogP contribution < -0.4 is 15.4 Å². The molecule has 132 valence electrons. The van der Waals surface area contributed by atoms with Gasteiger partial charge < -0.3 is 15.4 Å². The lowest BCUT2D eigenvalue weighted by Gasteiger charge is -2.10. The molecule has 1 amide bonds. The molecule has 0 bridgehead atoms. The SMILES string of the molecule is COc1ccc(NC(=O)c2ccc(Nc3cccc(Cl)c3Cl)cn2)cc1. The fourth-order valence-electron chi connectivity index (χ4n) is 2.23. The highest BCUT2D eigenvalue weighted by Gasteiger charge is 2.09. The predicted molar refractivity (Wildman–Crippen MR) is 105 cm³/mol. The van der Waals surface area contributed by atoms with Crippen molar-refractivity contribution >= 4 is 46.2 Å². The van der Waals surface area contributed by atoms with E-state index in [1.54, 1.807) is 67.9 Å². The molecule has 3 rings (SSSR count). The minimum Gasteiger partial charge on any atom is -0.497 e. The molecule has 0 saturated heterocycles. The maximum Gasteiger partial charge on any atom is 0.274 e. The minimum atomic E-state index is -0.303. The Morgan fingerprint density at radius 3 is 2.38 bits per heavy atom. The number of nitrogens with one attached hydrogen (secondary N) is 2. The third-order valence-corrected chi connectivity index (χ3v) is 4.39. The molecule has 26 heavy (non-hydrogen) atoms. The Morgan fingerprint density at radius 1 is 1.00 bits per heavy atom. The number of methoxy groups -OCH3 is 1. The van der Waals surface area contributed by atoms with Crippen LogP contribution in [0.4, 0.5) is 17.1 Å². The fourth-order valence-corrected chi connectivity index (χ4v) is 2.58. The Bertz CT molecular complexity index is 913. The Kier molecular flexibility index (Phi) is 5.61. The van der Waals surface area contributed by atoms with E-state index in [2.05, 4.69) is 15.6 Å². The molecular formula is C19H15Cl2N3O2. The van der Waals surface area contributed by atoms with E-state index in [0.717, 1.165) is 5.75 Å². The van der Waals surface area contributed by atoms with E-state index in [9.17, 15) is 4.79 Å². The molecule has 0 unspecified atom stereocenters. The average molecular weight is 388 g/mol. The molecule has 7 heteroatoms. The van der Waals surface area contributed by atoms with Crippen LogP contribution in [0.15, 0.2) is 60.8 Å². The van der Waals surface area contributed by atoms with E-state index < -0.39 is 0 Å². The van der Waals surface area contributed by atoms with Gasteiger partial charge in [0.15, 0.2) is 0 Å². The van der Waals surface area contributed by atoms with Gasteiger partial charge in [0, 0.05) is 5.69 Å². The molecule has 5 nitrogen and oxygen atoms in total. The zero-order chi connectivity index (χ0) is 18.5. The Hall–Kier alpha value is -2.76. The molecule has 0 aliphatic carbocycles. The van der Waals surface area contributed by atoms with Gasteiger partial charge in [0.1, 0.15) is 11.4 Å². The van der Waals surface area contributed by atoms with Crippen LogP contribution in [0.5, 0.6) is 5.75 Å². The summed E-state index contributed by atoms with van der Waals surface area (Å²) in [4.78, 5) is 16.5. The average Bonchev–Trinajstić information content (AvgIpc) is 2.66. The molecule has 0 atom stereocenters. The van der Waals surface area contributed by atoms with Gasteiger partial charge in [-0.3, -0.25) is 4.79 Å². The summed E-state index contributed by atoms with van der Waals surface area (Å²) in [6.45, 7) is 0. The van der Waals surface area contributed by atoms with Crippen LogP contribution in [0.2, 0.25) is 10.0 Å². The summed E-state index contributed by atoms with van der Waals surface area (Å²) in [6, 6.07) is 15.7. The third kappa shape index (κ3) is 4.25. The number of amides is 1. The zero-order valence-corrected chi connectivity index (χ0v) is 15.3. The van der Waals surface area contributed by atoms with Crippen molar-refractivity contribution in [1.82, 2.24) is 4.98 Å². The lowest BCUT2D eigenvalue weighted by molar-refractivity contribution is 0.102. The lowest BCUT2D eigenvalue weighted by atomic mass is 10.2. The van der Waals surface area contributed by atoms with Gasteiger partial charge >= 0.3 is 0 Å². The molecule has 0 aliphatic rings. The summed E-state index contributed by atoms with van der Waals surface area (Å²) in [6.07, 6.45) is 1.56. The third-order valence-electron chi connectivity index (χ3n) is 3.57. The maximum atomic E-state index is 12.3. The van der Waals surface area contributed by atoms with E-state index in [0.29, 0.717) is 32.8 Å². The first-order valence-corrected chi connectivity index (χ1v) is 8.45. The van der Waals surface area contributed by atoms with Crippen molar-refractivity contribution < 1.29 is 9.53 Å². The van der Waals surface area contributed by atoms with E-state index in [1.165, 1.54) is 0 Å². The molecule has 1 aromatic heterocycles. The number of aromatic nitrogens is 1. The number of hydrogen-bond acceptors (Lipinski definition) is 4. The highest BCUT2D eigenvalue weighted by atomic mass is 35.5. The fraction of sp³-hybridized carbons (Fsp3) is 0.0526. The van der Waals surface area contributed by atoms with Crippen LogP contribution in [0, 0.1) is 0 Å². The molecule has 1 heterocycles. The van der Waals surface area contributed by atoms with Crippen molar-refractivity contribution in [2.24, 2.45) is 0 Å². The highest BCUT2D eigenvalue weighted by Crippen LogP contribution is 2.31. The molecule has 0 aliphatic heterocycles. The number of pyridine rings is 1. The van der Waals surface area contributed by atoms with E-state index >= 15 is 0 Å². The number of rotatable bonds is 5. The molecule has 2 aromatic carbocycles. The van der Waals surface area contributed by atoms with Gasteiger partial charge in [-0.15, -0.1) is 0 Å². The molecule has 0 saturated carbocycles. The first-order valence-electron chi connectivity index (χ1n) is 7.69. The van der Waals surface area contributed by atoms with Gasteiger partial charge in [-0.1, -0.05) is 29.3 Å². The van der Waals surface area contributed by atoms with Crippen molar-refractivity contribution in [3.8, 4) is 5.75 Å². The Labute approximate surface area is 160 Å². The summed E-state index contributed by atoms with van der Waals surface area (Å²) in [7, 11) is 1.59. The topological polar surface area (TPSA) is 63.2 Å². The minimum absolute atomic E-state index is 0.295. The number of benzene rings is 2. The van der Waals surface area contributed by atoms with Gasteiger partial charge in [0.05, 0.1) is 34.7 Å². The second kappa shape index (κ2) is 8.08. The van der Waals surface area contributed by atoms with Crippen molar-refractivity contribution in [1.29, 1.82) is 0 Å². The number of hydrogen-bond donors (Lipinski definition) is 2. The standard InChI is InChI=1S/C19H15Cl2N3O2/c1-26-14-8-5-12(6-9-14)24-19(25)17-10-7-13(11-22-17)23-16-4-2-3-15(20)18(16)21/h2-11,23H,1H3,(H,24,25). The Balaban J connectivity index is 1.68. The molecular weight excluding hydrogens is 373 g/mol. The van der Waals surface area contributed by atoms with Crippen LogP contribution in [-0.4, -0.2) is 18.0 Å². The quantitative estimate of drug-likeness (QED) is 0.615. The molecule has 0 spiro atoms. The number of anilines is 3. The van der Waals surface area contributed by atoms with Crippen LogP contribution in [0.1, 0.15) is 10.5 Å². The highest BCUT2D eigenvalue weighted by molar-refractivity contribution is 6.43. The monoisotopic (exact) mass is 387 g/mol. The summed E-state index contributed by atoms with van der Waals surface area (Å²) >= 11 is 12.1. The number of nitrogens with zero attached hydrogens (tertiary/aromatic N) is 1. The predicted octanol–water partition coefficient (Wildman–Crippen LogP) is 5.39. The molecule has 2 N–H and O–H groups in total. The normalized spacial score (nSPS) is 10.3. The van der Waals surface area contributed by atoms with E-state index in [1.807, 2.05) is 0 Å². The first kappa shape index (κ1) is 18.0. The van der Waals surface area contributed by atoms with Crippen molar-refractivity contribution in [2.75, 3.05) is 17.7 Å². The van der Waals surface area contributed by atoms with Gasteiger partial charge in [-0.2, -0.15) is 0 Å². The van der Waals surface area contributed by atoms with Gasteiger partial charge in [0.2, 0.25) is 0 Å².